The summed E-state index contributed by atoms with van der Waals surface area (Å²) in [7, 11) is 1.57. The monoisotopic (exact) mass is 409 g/mol. The van der Waals surface area contributed by atoms with Gasteiger partial charge in [-0.1, -0.05) is 32.0 Å². The van der Waals surface area contributed by atoms with Crippen LogP contribution in [-0.2, 0) is 9.59 Å². The van der Waals surface area contributed by atoms with Gasteiger partial charge in [0.15, 0.2) is 0 Å². The lowest BCUT2D eigenvalue weighted by atomic mass is 10.1. The molecule has 0 spiro atoms. The van der Waals surface area contributed by atoms with Gasteiger partial charge in [-0.15, -0.1) is 0 Å². The summed E-state index contributed by atoms with van der Waals surface area (Å²) < 4.78 is 5.11. The lowest BCUT2D eigenvalue weighted by molar-refractivity contribution is -0.124. The van der Waals surface area contributed by atoms with Crippen molar-refractivity contribution in [2.24, 2.45) is 5.92 Å². The minimum atomic E-state index is -0.824. The van der Waals surface area contributed by atoms with Crippen LogP contribution >= 0.6 is 0 Å². The first-order valence-electron chi connectivity index (χ1n) is 10.0. The van der Waals surface area contributed by atoms with Crippen molar-refractivity contribution in [2.45, 2.75) is 32.7 Å². The van der Waals surface area contributed by atoms with Gasteiger partial charge < -0.3 is 15.0 Å². The van der Waals surface area contributed by atoms with E-state index in [0.29, 0.717) is 29.6 Å². The van der Waals surface area contributed by atoms with E-state index >= 15 is 0 Å². The molecule has 0 aliphatic carbocycles. The second kappa shape index (κ2) is 9.43. The average Bonchev–Trinajstić information content (AvgIpc) is 2.96. The molecule has 158 valence electrons. The molecule has 7 heteroatoms. The molecule has 1 atom stereocenters. The maximum absolute atomic E-state index is 13.1. The van der Waals surface area contributed by atoms with Gasteiger partial charge in [0.05, 0.1) is 19.2 Å². The summed E-state index contributed by atoms with van der Waals surface area (Å²) in [5.74, 6) is 0.353. The summed E-state index contributed by atoms with van der Waals surface area (Å²) in [6.45, 7) is 4.54. The van der Waals surface area contributed by atoms with Crippen molar-refractivity contribution in [1.82, 2.24) is 4.90 Å². The quantitative estimate of drug-likeness (QED) is 0.671. The highest BCUT2D eigenvalue weighted by Crippen LogP contribution is 2.27. The van der Waals surface area contributed by atoms with Gasteiger partial charge in [0.2, 0.25) is 5.91 Å². The molecule has 3 rings (SSSR count). The number of anilines is 2. The number of methoxy groups -OCH3 is 1. The number of carbonyl (C=O) groups is 3. The standard InChI is InChI=1S/C23H27N3O4/c1-16(2)13-14-25-20(15-21(27)24-17-9-11-19(30-3)12-10-17)22(28)26(23(25)29)18-7-5-4-6-8-18/h4-12,16,20H,13-15H2,1-3H3,(H,24,27)/t20-/m0/s1. The van der Waals surface area contributed by atoms with Gasteiger partial charge in [0, 0.05) is 12.2 Å². The van der Waals surface area contributed by atoms with Crippen LogP contribution in [0.15, 0.2) is 54.6 Å². The highest BCUT2D eigenvalue weighted by molar-refractivity contribution is 6.22. The van der Waals surface area contributed by atoms with Crippen LogP contribution in [0.1, 0.15) is 26.7 Å². The third kappa shape index (κ3) is 4.79. The number of benzene rings is 2. The zero-order valence-corrected chi connectivity index (χ0v) is 17.5. The Morgan fingerprint density at radius 1 is 1.07 bits per heavy atom. The van der Waals surface area contributed by atoms with E-state index in [-0.39, 0.29) is 24.3 Å². The number of amides is 4. The highest BCUT2D eigenvalue weighted by Gasteiger charge is 2.46. The SMILES string of the molecule is COc1ccc(NC(=O)C[C@H]2C(=O)N(c3ccccc3)C(=O)N2CCC(C)C)cc1. The number of imide groups is 1. The van der Waals surface area contributed by atoms with Crippen LogP contribution < -0.4 is 15.0 Å². The van der Waals surface area contributed by atoms with Crippen molar-refractivity contribution in [3.05, 3.63) is 54.6 Å². The van der Waals surface area contributed by atoms with Crippen LogP contribution in [0.2, 0.25) is 0 Å². The lowest BCUT2D eigenvalue weighted by Crippen LogP contribution is -2.39. The molecule has 0 aromatic heterocycles. The summed E-state index contributed by atoms with van der Waals surface area (Å²) >= 11 is 0. The first kappa shape index (κ1) is 21.4. The fourth-order valence-corrected chi connectivity index (χ4v) is 3.36. The Bertz CT molecular complexity index is 896. The van der Waals surface area contributed by atoms with Crippen LogP contribution in [0.25, 0.3) is 0 Å². The van der Waals surface area contributed by atoms with Crippen molar-refractivity contribution in [3.8, 4) is 5.75 Å². The Kier molecular flexibility index (Phi) is 6.72. The Morgan fingerprint density at radius 3 is 2.33 bits per heavy atom. The molecule has 2 aromatic carbocycles. The number of rotatable bonds is 8. The number of urea groups is 1. The first-order chi connectivity index (χ1) is 14.4. The van der Waals surface area contributed by atoms with Crippen molar-refractivity contribution < 1.29 is 19.1 Å². The van der Waals surface area contributed by atoms with E-state index in [2.05, 4.69) is 19.2 Å². The maximum atomic E-state index is 13.1. The summed E-state index contributed by atoms with van der Waals surface area (Å²) in [6.07, 6.45) is 0.649. The first-order valence-corrected chi connectivity index (χ1v) is 10.0. The van der Waals surface area contributed by atoms with Gasteiger partial charge >= 0.3 is 6.03 Å². The Labute approximate surface area is 176 Å². The molecule has 1 fully saturated rings. The minimum Gasteiger partial charge on any atom is -0.497 e. The number of hydrogen-bond acceptors (Lipinski definition) is 4. The van der Waals surface area contributed by atoms with E-state index in [1.807, 2.05) is 6.07 Å². The second-order valence-corrected chi connectivity index (χ2v) is 7.66. The Hall–Kier alpha value is -3.35. The summed E-state index contributed by atoms with van der Waals surface area (Å²) in [6, 6.07) is 14.5. The van der Waals surface area contributed by atoms with Gasteiger partial charge in [0.25, 0.3) is 5.91 Å². The van der Waals surface area contributed by atoms with Gasteiger partial charge in [-0.25, -0.2) is 9.69 Å². The molecule has 1 saturated heterocycles. The Balaban J connectivity index is 1.77. The third-order valence-electron chi connectivity index (χ3n) is 5.03. The molecular formula is C23H27N3O4. The molecule has 7 nitrogen and oxygen atoms in total. The molecule has 0 bridgehead atoms. The fourth-order valence-electron chi connectivity index (χ4n) is 3.36. The van der Waals surface area contributed by atoms with Gasteiger partial charge in [-0.2, -0.15) is 0 Å². The van der Waals surface area contributed by atoms with E-state index in [1.165, 1.54) is 9.80 Å². The average molecular weight is 409 g/mol. The fraction of sp³-hybridized carbons (Fsp3) is 0.348. The van der Waals surface area contributed by atoms with Gasteiger partial charge in [0.1, 0.15) is 11.8 Å². The predicted molar refractivity (Wildman–Crippen MR) is 116 cm³/mol. The van der Waals surface area contributed by atoms with E-state index in [9.17, 15) is 14.4 Å². The van der Waals surface area contributed by atoms with Crippen molar-refractivity contribution in [2.75, 3.05) is 23.9 Å². The summed E-state index contributed by atoms with van der Waals surface area (Å²) in [4.78, 5) is 41.5. The molecule has 2 aromatic rings. The molecule has 4 amide bonds. The van der Waals surface area contributed by atoms with E-state index in [0.717, 1.165) is 6.42 Å². The van der Waals surface area contributed by atoms with Crippen molar-refractivity contribution in [3.63, 3.8) is 0 Å². The van der Waals surface area contributed by atoms with Crippen LogP contribution in [-0.4, -0.2) is 42.4 Å². The number of ether oxygens (including phenoxy) is 1. The number of nitrogens with one attached hydrogen (secondary N) is 1. The highest BCUT2D eigenvalue weighted by atomic mass is 16.5. The molecule has 0 radical (unpaired) electrons. The lowest BCUT2D eigenvalue weighted by Gasteiger charge is -2.22. The molecule has 1 aliphatic heterocycles. The van der Waals surface area contributed by atoms with Crippen molar-refractivity contribution >= 4 is 29.2 Å². The van der Waals surface area contributed by atoms with Crippen molar-refractivity contribution in [1.29, 1.82) is 0 Å². The summed E-state index contributed by atoms with van der Waals surface area (Å²) in [5.41, 5.74) is 1.12. The molecule has 1 heterocycles. The largest absolute Gasteiger partial charge is 0.497 e. The molecule has 1 N–H and O–H groups in total. The molecule has 0 unspecified atom stereocenters. The molecule has 1 aliphatic rings. The van der Waals surface area contributed by atoms with E-state index < -0.39 is 6.04 Å². The molecule has 30 heavy (non-hydrogen) atoms. The number of hydrogen-bond donors (Lipinski definition) is 1. The van der Waals surface area contributed by atoms with Crippen LogP contribution in [0, 0.1) is 5.92 Å². The second-order valence-electron chi connectivity index (χ2n) is 7.66. The predicted octanol–water partition coefficient (Wildman–Crippen LogP) is 3.91. The minimum absolute atomic E-state index is 0.0992. The normalized spacial score (nSPS) is 16.3. The number of para-hydroxylation sites is 1. The number of carbonyl (C=O) groups excluding carboxylic acids is 3. The molecule has 0 saturated carbocycles. The smallest absolute Gasteiger partial charge is 0.332 e. The zero-order chi connectivity index (χ0) is 21.7. The van der Waals surface area contributed by atoms with Gasteiger partial charge in [-0.3, -0.25) is 9.59 Å². The van der Waals surface area contributed by atoms with Crippen LogP contribution in [0.3, 0.4) is 0 Å². The maximum Gasteiger partial charge on any atom is 0.332 e. The Morgan fingerprint density at radius 2 is 1.73 bits per heavy atom. The van der Waals surface area contributed by atoms with Crippen LogP contribution in [0.5, 0.6) is 5.75 Å². The van der Waals surface area contributed by atoms with E-state index in [1.54, 1.807) is 55.6 Å². The topological polar surface area (TPSA) is 79.0 Å². The van der Waals surface area contributed by atoms with E-state index in [4.69, 9.17) is 4.74 Å². The summed E-state index contributed by atoms with van der Waals surface area (Å²) in [5, 5.41) is 2.79. The van der Waals surface area contributed by atoms with Crippen LogP contribution in [0.4, 0.5) is 16.2 Å². The zero-order valence-electron chi connectivity index (χ0n) is 17.5. The number of nitrogens with zero attached hydrogens (tertiary/aromatic N) is 2. The van der Waals surface area contributed by atoms with Gasteiger partial charge in [-0.05, 0) is 48.7 Å². The molecular weight excluding hydrogens is 382 g/mol. The third-order valence-corrected chi connectivity index (χ3v) is 5.03.